The molecule has 0 atom stereocenters. The molecule has 2 aliphatic rings. The van der Waals surface area contributed by atoms with Gasteiger partial charge in [-0.2, -0.15) is 9.84 Å². The zero-order valence-electron chi connectivity index (χ0n) is 29.3. The van der Waals surface area contributed by atoms with E-state index in [1.807, 2.05) is 54.6 Å². The number of hydrogen-bond donors (Lipinski definition) is 1. The first kappa shape index (κ1) is 33.5. The maximum Gasteiger partial charge on any atom is 0.309 e. The lowest BCUT2D eigenvalue weighted by molar-refractivity contribution is -0.435. The van der Waals surface area contributed by atoms with E-state index in [0.29, 0.717) is 25.1 Å². The predicted octanol–water partition coefficient (Wildman–Crippen LogP) is 8.86. The van der Waals surface area contributed by atoms with Crippen LogP contribution in [0.2, 0.25) is 0 Å². The van der Waals surface area contributed by atoms with Crippen LogP contribution in [0.25, 0.3) is 32.3 Å². The zero-order chi connectivity index (χ0) is 35.9. The van der Waals surface area contributed by atoms with E-state index >= 15 is 0 Å². The van der Waals surface area contributed by atoms with E-state index in [9.17, 15) is 20.0 Å². The Morgan fingerprint density at radius 2 is 1.53 bits per heavy atom. The van der Waals surface area contributed by atoms with Gasteiger partial charge in [0.25, 0.3) is 6.47 Å². The molecule has 0 saturated heterocycles. The zero-order valence-corrected chi connectivity index (χ0v) is 29.3. The van der Waals surface area contributed by atoms with E-state index in [2.05, 4.69) is 97.8 Å². The molecule has 0 fully saturated rings. The topological polar surface area (TPSA) is 93.6 Å². The number of carbonyl (C=O) groups is 2. The van der Waals surface area contributed by atoms with Gasteiger partial charge in [0.2, 0.25) is 5.69 Å². The van der Waals surface area contributed by atoms with Crippen LogP contribution in [0.4, 0.5) is 11.4 Å². The summed E-state index contributed by atoms with van der Waals surface area (Å²) < 4.78 is 7.29. The second-order valence-corrected chi connectivity index (χ2v) is 14.2. The Morgan fingerprint density at radius 1 is 0.882 bits per heavy atom. The number of benzene rings is 5. The molecule has 1 N–H and O–H groups in total. The van der Waals surface area contributed by atoms with Crippen LogP contribution in [-0.2, 0) is 25.2 Å². The Balaban J connectivity index is 1.35. The van der Waals surface area contributed by atoms with Crippen molar-refractivity contribution in [3.8, 4) is 6.07 Å². The van der Waals surface area contributed by atoms with Crippen molar-refractivity contribution in [3.05, 3.63) is 132 Å². The SMILES string of the molecule is CC1(C)C(/C=C/C(C#N)=C/C=C2\N(CCOC=O)c3c(ccc4ccccc34)C2(C)C)=[N+](CCC(=O)O)c2c1c1ccccc1c1ccccc21. The van der Waals surface area contributed by atoms with Gasteiger partial charge in [-0.15, -0.1) is 0 Å². The van der Waals surface area contributed by atoms with Crippen LogP contribution in [-0.4, -0.2) is 47.5 Å². The number of nitriles is 1. The first-order chi connectivity index (χ1) is 24.6. The van der Waals surface area contributed by atoms with Crippen molar-refractivity contribution in [1.82, 2.24) is 0 Å². The third-order valence-corrected chi connectivity index (χ3v) is 10.5. The van der Waals surface area contributed by atoms with Gasteiger partial charge in [-0.1, -0.05) is 92.7 Å². The molecule has 0 radical (unpaired) electrons. The minimum absolute atomic E-state index is 0.0327. The first-order valence-corrected chi connectivity index (χ1v) is 17.3. The predicted molar refractivity (Wildman–Crippen MR) is 204 cm³/mol. The third kappa shape index (κ3) is 5.57. The summed E-state index contributed by atoms with van der Waals surface area (Å²) in [6, 6.07) is 31.6. The molecule has 0 spiro atoms. The van der Waals surface area contributed by atoms with Crippen LogP contribution in [0, 0.1) is 11.3 Å². The summed E-state index contributed by atoms with van der Waals surface area (Å²) in [5.41, 5.74) is 5.91. The molecule has 5 aromatic carbocycles. The fraction of sp³-hybridized carbons (Fsp3) is 0.227. The molecule has 0 bridgehead atoms. The van der Waals surface area contributed by atoms with Crippen LogP contribution in [0.1, 0.15) is 45.2 Å². The Labute approximate surface area is 297 Å². The molecule has 7 rings (SSSR count). The number of carbonyl (C=O) groups excluding carboxylic acids is 1. The van der Waals surface area contributed by atoms with Crippen molar-refractivity contribution >= 4 is 61.8 Å². The molecule has 0 saturated carbocycles. The number of ether oxygens (including phenoxy) is 1. The lowest BCUT2D eigenvalue weighted by Gasteiger charge is -2.27. The summed E-state index contributed by atoms with van der Waals surface area (Å²) in [5.74, 6) is -0.866. The molecule has 5 aromatic rings. The average Bonchev–Trinajstić information content (AvgIpc) is 3.49. The van der Waals surface area contributed by atoms with E-state index in [4.69, 9.17) is 4.74 Å². The first-order valence-electron chi connectivity index (χ1n) is 17.3. The number of aliphatic carboxylic acids is 1. The van der Waals surface area contributed by atoms with Crippen LogP contribution in [0.15, 0.2) is 121 Å². The van der Waals surface area contributed by atoms with Gasteiger partial charge >= 0.3 is 5.97 Å². The van der Waals surface area contributed by atoms with E-state index in [-0.39, 0.29) is 18.4 Å². The van der Waals surface area contributed by atoms with Gasteiger partial charge in [0.05, 0.1) is 34.7 Å². The molecule has 7 heteroatoms. The third-order valence-electron chi connectivity index (χ3n) is 10.5. The summed E-state index contributed by atoms with van der Waals surface area (Å²) in [4.78, 5) is 25.2. The number of anilines is 1. The molecule has 0 aromatic heterocycles. The van der Waals surface area contributed by atoms with Gasteiger partial charge in [0.15, 0.2) is 12.3 Å². The van der Waals surface area contributed by atoms with Crippen LogP contribution < -0.4 is 4.90 Å². The monoisotopic (exact) mass is 674 g/mol. The Hall–Kier alpha value is -6.00. The van der Waals surface area contributed by atoms with E-state index in [1.54, 1.807) is 0 Å². The highest BCUT2D eigenvalue weighted by Gasteiger charge is 2.47. The van der Waals surface area contributed by atoms with E-state index < -0.39 is 11.4 Å². The van der Waals surface area contributed by atoms with Gasteiger partial charge in [-0.25, -0.2) is 0 Å². The lowest BCUT2D eigenvalue weighted by atomic mass is 9.78. The van der Waals surface area contributed by atoms with Crippen LogP contribution in [0.3, 0.4) is 0 Å². The van der Waals surface area contributed by atoms with Crippen molar-refractivity contribution in [3.63, 3.8) is 0 Å². The highest BCUT2D eigenvalue weighted by Crippen LogP contribution is 2.51. The van der Waals surface area contributed by atoms with Crippen molar-refractivity contribution in [2.45, 2.75) is 44.9 Å². The normalized spacial score (nSPS) is 17.0. The molecule has 2 aliphatic heterocycles. The Bertz CT molecular complexity index is 2420. The summed E-state index contributed by atoms with van der Waals surface area (Å²) in [6.45, 7) is 10.1. The molecule has 0 unspecified atom stereocenters. The number of carboxylic acid groups (broad SMARTS) is 1. The Kier molecular flexibility index (Phi) is 8.56. The number of carboxylic acids is 1. The summed E-state index contributed by atoms with van der Waals surface area (Å²) >= 11 is 0. The molecule has 51 heavy (non-hydrogen) atoms. The number of allylic oxidation sites excluding steroid dienone is 6. The van der Waals surface area contributed by atoms with Gasteiger partial charge in [-0.05, 0) is 65.3 Å². The van der Waals surface area contributed by atoms with E-state index in [1.165, 1.54) is 0 Å². The second kappa shape index (κ2) is 13.0. The molecular weight excluding hydrogens is 635 g/mol. The fourth-order valence-electron chi connectivity index (χ4n) is 8.20. The fourth-order valence-corrected chi connectivity index (χ4v) is 8.20. The highest BCUT2D eigenvalue weighted by atomic mass is 16.5. The number of rotatable bonds is 10. The molecule has 0 aliphatic carbocycles. The minimum Gasteiger partial charge on any atom is -0.481 e. The van der Waals surface area contributed by atoms with Crippen molar-refractivity contribution in [2.75, 3.05) is 24.6 Å². The van der Waals surface area contributed by atoms with Crippen LogP contribution >= 0.6 is 0 Å². The van der Waals surface area contributed by atoms with Gasteiger partial charge < -0.3 is 14.7 Å². The van der Waals surface area contributed by atoms with E-state index in [0.717, 1.165) is 66.2 Å². The van der Waals surface area contributed by atoms with Gasteiger partial charge in [-0.3, -0.25) is 9.59 Å². The molecule has 254 valence electrons. The van der Waals surface area contributed by atoms with Gasteiger partial charge in [0.1, 0.15) is 13.0 Å². The van der Waals surface area contributed by atoms with Crippen molar-refractivity contribution in [1.29, 1.82) is 5.26 Å². The maximum atomic E-state index is 11.9. The molecule has 0 amide bonds. The smallest absolute Gasteiger partial charge is 0.309 e. The second-order valence-electron chi connectivity index (χ2n) is 14.2. The quantitative estimate of drug-likeness (QED) is 0.0397. The molecular formula is C44H40N3O4+. The van der Waals surface area contributed by atoms with Crippen molar-refractivity contribution < 1.29 is 24.0 Å². The molecule has 7 nitrogen and oxygen atoms in total. The lowest BCUT2D eigenvalue weighted by Crippen LogP contribution is -2.29. The minimum atomic E-state index is -0.866. The summed E-state index contributed by atoms with van der Waals surface area (Å²) in [7, 11) is 0. The summed E-state index contributed by atoms with van der Waals surface area (Å²) in [5, 5.41) is 26.9. The highest BCUT2D eigenvalue weighted by molar-refractivity contribution is 6.19. The molecule has 2 heterocycles. The number of fused-ring (bicyclic) bond motifs is 9. The average molecular weight is 675 g/mol. The Morgan fingerprint density at radius 3 is 2.22 bits per heavy atom. The largest absolute Gasteiger partial charge is 0.481 e. The van der Waals surface area contributed by atoms with Gasteiger partial charge in [0, 0.05) is 28.1 Å². The van der Waals surface area contributed by atoms with Crippen LogP contribution in [0.5, 0.6) is 0 Å². The standard InChI is InChI=1S/C44H39N3O4/c1-43(2)36-20-19-30-11-5-6-12-31(30)41(36)47(25-26-51-28-48)37(43)21-17-29(27-45)18-22-38-44(3,4)40-34-15-9-7-13-32(34)33-14-8-10-16-35(33)42(40)46(38)24-23-39(49)50/h5-22,28H,23-26H2,1-4H3/p+1. The van der Waals surface area contributed by atoms with Crippen molar-refractivity contribution in [2.24, 2.45) is 0 Å². The number of hydrogen-bond acceptors (Lipinski definition) is 5. The summed E-state index contributed by atoms with van der Waals surface area (Å²) in [6.07, 6.45) is 7.63. The maximum absolute atomic E-state index is 11.9. The number of nitrogens with zero attached hydrogens (tertiary/aromatic N) is 3.